The van der Waals surface area contributed by atoms with E-state index in [0.717, 1.165) is 12.1 Å². The molecule has 0 radical (unpaired) electrons. The van der Waals surface area contributed by atoms with E-state index in [4.69, 9.17) is 5.11 Å². The van der Waals surface area contributed by atoms with Crippen molar-refractivity contribution in [1.29, 1.82) is 0 Å². The zero-order valence-corrected chi connectivity index (χ0v) is 13.2. The van der Waals surface area contributed by atoms with E-state index in [1.807, 2.05) is 31.2 Å². The third kappa shape index (κ3) is 4.07. The summed E-state index contributed by atoms with van der Waals surface area (Å²) in [5.41, 5.74) is 2.04. The summed E-state index contributed by atoms with van der Waals surface area (Å²) in [5, 5.41) is 11.9. The number of carbonyl (C=O) groups excluding carboxylic acids is 1. The number of hydrogen-bond acceptors (Lipinski definition) is 3. The Labute approximate surface area is 131 Å². The molecule has 1 saturated heterocycles. The monoisotopic (exact) mass is 304 g/mol. The lowest BCUT2D eigenvalue weighted by molar-refractivity contribution is -0.143. The Hall–Kier alpha value is -1.88. The van der Waals surface area contributed by atoms with Crippen molar-refractivity contribution in [2.75, 3.05) is 18.4 Å². The highest BCUT2D eigenvalue weighted by atomic mass is 16.4. The van der Waals surface area contributed by atoms with E-state index in [-0.39, 0.29) is 17.9 Å². The summed E-state index contributed by atoms with van der Waals surface area (Å²) < 4.78 is 0. The maximum Gasteiger partial charge on any atom is 0.306 e. The van der Waals surface area contributed by atoms with Gasteiger partial charge < -0.3 is 10.4 Å². The van der Waals surface area contributed by atoms with Gasteiger partial charge in [0.1, 0.15) is 0 Å². The first kappa shape index (κ1) is 16.5. The number of hydrogen-bond donors (Lipinski definition) is 2. The predicted octanol–water partition coefficient (Wildman–Crippen LogP) is 2.37. The lowest BCUT2D eigenvalue weighted by atomic mass is 9.96. The largest absolute Gasteiger partial charge is 0.481 e. The Morgan fingerprint density at radius 3 is 2.36 bits per heavy atom. The van der Waals surface area contributed by atoms with E-state index in [2.05, 4.69) is 17.1 Å². The number of piperidine rings is 1. The molecule has 0 aliphatic carbocycles. The molecule has 0 saturated carbocycles. The minimum atomic E-state index is -0.729. The molecule has 1 aromatic rings. The highest BCUT2D eigenvalue weighted by molar-refractivity contribution is 5.94. The smallest absolute Gasteiger partial charge is 0.306 e. The van der Waals surface area contributed by atoms with Gasteiger partial charge in [0.05, 0.1) is 12.0 Å². The van der Waals surface area contributed by atoms with Gasteiger partial charge in [-0.2, -0.15) is 0 Å². The SMILES string of the molecule is CCc1ccc(NC(=O)C(C)N2CCC(C(=O)O)CC2)cc1. The second-order valence-electron chi connectivity index (χ2n) is 5.86. The molecule has 0 spiro atoms. The van der Waals surface area contributed by atoms with Crippen LogP contribution in [0.2, 0.25) is 0 Å². The standard InChI is InChI=1S/C17H24N2O3/c1-3-13-4-6-15(7-5-13)18-16(20)12(2)19-10-8-14(9-11-19)17(21)22/h4-7,12,14H,3,8-11H2,1-2H3,(H,18,20)(H,21,22). The summed E-state index contributed by atoms with van der Waals surface area (Å²) in [7, 11) is 0. The molecule has 1 aliphatic heterocycles. The fourth-order valence-corrected chi connectivity index (χ4v) is 2.77. The molecule has 0 aromatic heterocycles. The number of likely N-dealkylation sites (tertiary alicyclic amines) is 1. The van der Waals surface area contributed by atoms with E-state index in [9.17, 15) is 9.59 Å². The Kier molecular flexibility index (Phi) is 5.55. The quantitative estimate of drug-likeness (QED) is 0.876. The van der Waals surface area contributed by atoms with Gasteiger partial charge in [-0.15, -0.1) is 0 Å². The van der Waals surface area contributed by atoms with Crippen molar-refractivity contribution < 1.29 is 14.7 Å². The highest BCUT2D eigenvalue weighted by Gasteiger charge is 2.29. The van der Waals surface area contributed by atoms with Crippen LogP contribution in [-0.4, -0.2) is 41.0 Å². The van der Waals surface area contributed by atoms with Crippen molar-refractivity contribution in [3.63, 3.8) is 0 Å². The molecule has 1 aromatic carbocycles. The number of rotatable bonds is 5. The van der Waals surface area contributed by atoms with Crippen molar-refractivity contribution in [3.8, 4) is 0 Å². The Balaban J connectivity index is 1.88. The number of carboxylic acids is 1. The number of aliphatic carboxylic acids is 1. The Bertz CT molecular complexity index is 519. The molecule has 1 amide bonds. The number of anilines is 1. The molecular formula is C17H24N2O3. The maximum atomic E-state index is 12.3. The number of aryl methyl sites for hydroxylation is 1. The van der Waals surface area contributed by atoms with Crippen molar-refractivity contribution >= 4 is 17.6 Å². The van der Waals surface area contributed by atoms with E-state index in [1.165, 1.54) is 5.56 Å². The summed E-state index contributed by atoms with van der Waals surface area (Å²) >= 11 is 0. The van der Waals surface area contributed by atoms with Crippen molar-refractivity contribution in [3.05, 3.63) is 29.8 Å². The molecule has 2 N–H and O–H groups in total. The van der Waals surface area contributed by atoms with Crippen molar-refractivity contribution in [2.45, 2.75) is 39.2 Å². The van der Waals surface area contributed by atoms with E-state index < -0.39 is 5.97 Å². The van der Waals surface area contributed by atoms with Gasteiger partial charge in [0.2, 0.25) is 5.91 Å². The van der Waals surface area contributed by atoms with Crippen LogP contribution in [0, 0.1) is 5.92 Å². The maximum absolute atomic E-state index is 12.3. The first-order valence-electron chi connectivity index (χ1n) is 7.88. The molecule has 1 atom stereocenters. The second-order valence-corrected chi connectivity index (χ2v) is 5.86. The van der Waals surface area contributed by atoms with Gasteiger partial charge in [-0.3, -0.25) is 14.5 Å². The fraction of sp³-hybridized carbons (Fsp3) is 0.529. The topological polar surface area (TPSA) is 69.6 Å². The molecule has 5 heteroatoms. The Morgan fingerprint density at radius 1 is 1.27 bits per heavy atom. The van der Waals surface area contributed by atoms with Gasteiger partial charge in [0.25, 0.3) is 0 Å². The third-order valence-electron chi connectivity index (χ3n) is 4.44. The molecule has 1 heterocycles. The van der Waals surface area contributed by atoms with Gasteiger partial charge in [-0.25, -0.2) is 0 Å². The first-order chi connectivity index (χ1) is 10.5. The number of benzene rings is 1. The molecule has 5 nitrogen and oxygen atoms in total. The average molecular weight is 304 g/mol. The molecule has 22 heavy (non-hydrogen) atoms. The molecule has 1 fully saturated rings. The third-order valence-corrected chi connectivity index (χ3v) is 4.44. The van der Waals surface area contributed by atoms with Crippen molar-refractivity contribution in [2.24, 2.45) is 5.92 Å². The zero-order valence-electron chi connectivity index (χ0n) is 13.2. The van der Waals surface area contributed by atoms with Crippen LogP contribution in [0.25, 0.3) is 0 Å². The van der Waals surface area contributed by atoms with Gasteiger partial charge in [0, 0.05) is 5.69 Å². The van der Waals surface area contributed by atoms with Gasteiger partial charge in [-0.05, 0) is 57.0 Å². The molecular weight excluding hydrogens is 280 g/mol. The number of carbonyl (C=O) groups is 2. The highest BCUT2D eigenvalue weighted by Crippen LogP contribution is 2.20. The van der Waals surface area contributed by atoms with Crippen LogP contribution >= 0.6 is 0 Å². The lowest BCUT2D eigenvalue weighted by Crippen LogP contribution is -2.46. The summed E-state index contributed by atoms with van der Waals surface area (Å²) in [6.07, 6.45) is 2.19. The van der Waals surface area contributed by atoms with Crippen molar-refractivity contribution in [1.82, 2.24) is 4.90 Å². The van der Waals surface area contributed by atoms with E-state index in [0.29, 0.717) is 25.9 Å². The van der Waals surface area contributed by atoms with Crippen LogP contribution in [0.15, 0.2) is 24.3 Å². The van der Waals surface area contributed by atoms with Crippen LogP contribution < -0.4 is 5.32 Å². The molecule has 1 unspecified atom stereocenters. The lowest BCUT2D eigenvalue weighted by Gasteiger charge is -2.33. The number of amides is 1. The van der Waals surface area contributed by atoms with E-state index in [1.54, 1.807) is 0 Å². The van der Waals surface area contributed by atoms with Crippen LogP contribution in [0.3, 0.4) is 0 Å². The summed E-state index contributed by atoms with van der Waals surface area (Å²) in [6, 6.07) is 7.61. The first-order valence-corrected chi connectivity index (χ1v) is 7.88. The summed E-state index contributed by atoms with van der Waals surface area (Å²) in [5.74, 6) is -1.04. The fourth-order valence-electron chi connectivity index (χ4n) is 2.77. The van der Waals surface area contributed by atoms with Gasteiger partial charge >= 0.3 is 5.97 Å². The van der Waals surface area contributed by atoms with Crippen LogP contribution in [0.1, 0.15) is 32.3 Å². The minimum absolute atomic E-state index is 0.0435. The normalized spacial score (nSPS) is 17.9. The predicted molar refractivity (Wildman–Crippen MR) is 85.8 cm³/mol. The molecule has 0 bridgehead atoms. The molecule has 120 valence electrons. The average Bonchev–Trinajstić information content (AvgIpc) is 2.55. The van der Waals surface area contributed by atoms with Gasteiger partial charge in [-0.1, -0.05) is 19.1 Å². The number of carboxylic acid groups (broad SMARTS) is 1. The summed E-state index contributed by atoms with van der Waals surface area (Å²) in [6.45, 7) is 5.27. The van der Waals surface area contributed by atoms with Gasteiger partial charge in [0.15, 0.2) is 0 Å². The van der Waals surface area contributed by atoms with Crippen LogP contribution in [0.4, 0.5) is 5.69 Å². The summed E-state index contributed by atoms with van der Waals surface area (Å²) in [4.78, 5) is 25.3. The molecule has 2 rings (SSSR count). The zero-order chi connectivity index (χ0) is 16.1. The number of nitrogens with zero attached hydrogens (tertiary/aromatic N) is 1. The number of nitrogens with one attached hydrogen (secondary N) is 1. The Morgan fingerprint density at radius 2 is 1.86 bits per heavy atom. The second kappa shape index (κ2) is 7.40. The minimum Gasteiger partial charge on any atom is -0.481 e. The molecule has 1 aliphatic rings. The van der Waals surface area contributed by atoms with E-state index >= 15 is 0 Å². The van der Waals surface area contributed by atoms with Crippen LogP contribution in [0.5, 0.6) is 0 Å². The van der Waals surface area contributed by atoms with Crippen LogP contribution in [-0.2, 0) is 16.0 Å².